The highest BCUT2D eigenvalue weighted by molar-refractivity contribution is 5.87. The lowest BCUT2D eigenvalue weighted by atomic mass is 10.0. The summed E-state index contributed by atoms with van der Waals surface area (Å²) >= 11 is 0. The van der Waals surface area contributed by atoms with Gasteiger partial charge >= 0.3 is 5.97 Å². The number of carbonyl (C=O) groups is 1. The summed E-state index contributed by atoms with van der Waals surface area (Å²) in [6, 6.07) is 0. The highest BCUT2D eigenvalue weighted by Gasteiger charge is 1.97. The standard InChI is InChI=1S/C21H38O2/c1-3-5-6-7-8-9-10-11-12-13-14-15-16-17-18-19-20-23-21(22)4-2/h2H,3,5-20H2,1H3. The first kappa shape index (κ1) is 22.0. The Balaban J connectivity index is 3.00. The molecule has 0 heterocycles. The second-order valence-corrected chi connectivity index (χ2v) is 6.58. The summed E-state index contributed by atoms with van der Waals surface area (Å²) in [4.78, 5) is 10.7. The van der Waals surface area contributed by atoms with E-state index in [2.05, 4.69) is 6.92 Å². The van der Waals surface area contributed by atoms with E-state index >= 15 is 0 Å². The van der Waals surface area contributed by atoms with Crippen LogP contribution in [-0.4, -0.2) is 12.6 Å². The maximum absolute atomic E-state index is 10.7. The minimum Gasteiger partial charge on any atom is -0.456 e. The van der Waals surface area contributed by atoms with Crippen molar-refractivity contribution in [2.24, 2.45) is 0 Å². The second kappa shape index (κ2) is 19.1. The van der Waals surface area contributed by atoms with Crippen molar-refractivity contribution in [2.75, 3.05) is 6.61 Å². The van der Waals surface area contributed by atoms with Gasteiger partial charge in [0.2, 0.25) is 0 Å². The quantitative estimate of drug-likeness (QED) is 0.134. The SMILES string of the molecule is C#CC(=O)OCCCCCCCCCCCCCCCCCC. The molecule has 0 radical (unpaired) electrons. The number of carbonyl (C=O) groups excluding carboxylic acids is 1. The number of rotatable bonds is 17. The van der Waals surface area contributed by atoms with Crippen LogP contribution in [0.5, 0.6) is 0 Å². The van der Waals surface area contributed by atoms with Crippen molar-refractivity contribution in [3.63, 3.8) is 0 Å². The number of hydrogen-bond acceptors (Lipinski definition) is 2. The maximum atomic E-state index is 10.7. The molecule has 0 bridgehead atoms. The predicted octanol–water partition coefficient (Wildman–Crippen LogP) is 6.42. The summed E-state index contributed by atoms with van der Waals surface area (Å²) in [6.07, 6.45) is 26.4. The monoisotopic (exact) mass is 322 g/mol. The third-order valence-corrected chi connectivity index (χ3v) is 4.35. The summed E-state index contributed by atoms with van der Waals surface area (Å²) in [6.45, 7) is 2.75. The Morgan fingerprint density at radius 1 is 0.696 bits per heavy atom. The van der Waals surface area contributed by atoms with Crippen LogP contribution in [0.1, 0.15) is 110 Å². The van der Waals surface area contributed by atoms with Crippen LogP contribution in [0, 0.1) is 12.3 Å². The molecular weight excluding hydrogens is 284 g/mol. The van der Waals surface area contributed by atoms with Gasteiger partial charge in [0.15, 0.2) is 0 Å². The fourth-order valence-electron chi connectivity index (χ4n) is 2.86. The van der Waals surface area contributed by atoms with Crippen molar-refractivity contribution in [2.45, 2.75) is 110 Å². The van der Waals surface area contributed by atoms with Crippen molar-refractivity contribution in [1.82, 2.24) is 0 Å². The first-order valence-electron chi connectivity index (χ1n) is 9.94. The molecule has 0 aliphatic carbocycles. The lowest BCUT2D eigenvalue weighted by Crippen LogP contribution is -2.02. The van der Waals surface area contributed by atoms with E-state index in [0.29, 0.717) is 6.61 Å². The van der Waals surface area contributed by atoms with Crippen LogP contribution in [0.3, 0.4) is 0 Å². The van der Waals surface area contributed by atoms with Crippen LogP contribution in [0.4, 0.5) is 0 Å². The van der Waals surface area contributed by atoms with E-state index in [1.165, 1.54) is 89.9 Å². The van der Waals surface area contributed by atoms with Gasteiger partial charge in [0.1, 0.15) is 0 Å². The van der Waals surface area contributed by atoms with E-state index in [4.69, 9.17) is 11.2 Å². The molecule has 0 spiro atoms. The van der Waals surface area contributed by atoms with Crippen LogP contribution in [0.2, 0.25) is 0 Å². The number of hydrogen-bond donors (Lipinski definition) is 0. The summed E-state index contributed by atoms with van der Waals surface area (Å²) < 4.78 is 4.84. The zero-order chi connectivity index (χ0) is 17.0. The molecule has 0 aliphatic rings. The van der Waals surface area contributed by atoms with Gasteiger partial charge in [-0.25, -0.2) is 4.79 Å². The van der Waals surface area contributed by atoms with E-state index in [9.17, 15) is 4.79 Å². The molecular formula is C21H38O2. The van der Waals surface area contributed by atoms with Crippen LogP contribution in [-0.2, 0) is 9.53 Å². The number of unbranched alkanes of at least 4 members (excludes halogenated alkanes) is 15. The molecule has 0 fully saturated rings. The van der Waals surface area contributed by atoms with Gasteiger partial charge in [0.05, 0.1) is 6.61 Å². The number of terminal acetylenes is 1. The van der Waals surface area contributed by atoms with Gasteiger partial charge in [-0.15, -0.1) is 6.42 Å². The van der Waals surface area contributed by atoms with E-state index < -0.39 is 5.97 Å². The molecule has 2 heteroatoms. The Morgan fingerprint density at radius 2 is 1.04 bits per heavy atom. The van der Waals surface area contributed by atoms with Crippen molar-refractivity contribution in [3.05, 3.63) is 0 Å². The molecule has 23 heavy (non-hydrogen) atoms. The number of ether oxygens (including phenoxy) is 1. The largest absolute Gasteiger partial charge is 0.456 e. The van der Waals surface area contributed by atoms with E-state index in [1.807, 2.05) is 5.92 Å². The fourth-order valence-corrected chi connectivity index (χ4v) is 2.86. The zero-order valence-electron chi connectivity index (χ0n) is 15.4. The lowest BCUT2D eigenvalue weighted by molar-refractivity contribution is -0.136. The summed E-state index contributed by atoms with van der Waals surface area (Å²) in [5, 5.41) is 0. The van der Waals surface area contributed by atoms with Gasteiger partial charge in [-0.3, -0.25) is 0 Å². The van der Waals surface area contributed by atoms with Gasteiger partial charge in [-0.2, -0.15) is 0 Å². The third kappa shape index (κ3) is 19.0. The van der Waals surface area contributed by atoms with Crippen LogP contribution < -0.4 is 0 Å². The summed E-state index contributed by atoms with van der Waals surface area (Å²) in [7, 11) is 0. The topological polar surface area (TPSA) is 26.3 Å². The number of esters is 1. The van der Waals surface area contributed by atoms with Crippen molar-refractivity contribution in [1.29, 1.82) is 0 Å². The third-order valence-electron chi connectivity index (χ3n) is 4.35. The molecule has 0 aliphatic heterocycles. The molecule has 0 unspecified atom stereocenters. The molecule has 0 aromatic heterocycles. The molecule has 0 amide bonds. The molecule has 0 aromatic carbocycles. The maximum Gasteiger partial charge on any atom is 0.384 e. The predicted molar refractivity (Wildman–Crippen MR) is 99.3 cm³/mol. The summed E-state index contributed by atoms with van der Waals surface area (Å²) in [5.74, 6) is 1.42. The average Bonchev–Trinajstić information content (AvgIpc) is 2.57. The zero-order valence-corrected chi connectivity index (χ0v) is 15.4. The van der Waals surface area contributed by atoms with Crippen molar-refractivity contribution < 1.29 is 9.53 Å². The van der Waals surface area contributed by atoms with Crippen LogP contribution in [0.25, 0.3) is 0 Å². The van der Waals surface area contributed by atoms with Gasteiger partial charge in [-0.1, -0.05) is 103 Å². The molecule has 2 nitrogen and oxygen atoms in total. The highest BCUT2D eigenvalue weighted by Crippen LogP contribution is 2.13. The average molecular weight is 323 g/mol. The van der Waals surface area contributed by atoms with Gasteiger partial charge < -0.3 is 4.74 Å². The van der Waals surface area contributed by atoms with Crippen molar-refractivity contribution in [3.8, 4) is 12.3 Å². The minimum absolute atomic E-state index is 0.474. The van der Waals surface area contributed by atoms with Crippen molar-refractivity contribution >= 4 is 5.97 Å². The molecule has 0 atom stereocenters. The molecule has 0 saturated heterocycles. The van der Waals surface area contributed by atoms with Gasteiger partial charge in [-0.05, 0) is 6.42 Å². The molecule has 0 aromatic rings. The van der Waals surface area contributed by atoms with Gasteiger partial charge in [0, 0.05) is 5.92 Å². The Morgan fingerprint density at radius 3 is 1.39 bits per heavy atom. The van der Waals surface area contributed by atoms with E-state index in [-0.39, 0.29) is 0 Å². The fraction of sp³-hybridized carbons (Fsp3) is 0.857. The van der Waals surface area contributed by atoms with Crippen LogP contribution in [0.15, 0.2) is 0 Å². The first-order chi connectivity index (χ1) is 11.3. The van der Waals surface area contributed by atoms with Gasteiger partial charge in [0.25, 0.3) is 0 Å². The Bertz CT molecular complexity index is 291. The minimum atomic E-state index is -0.536. The molecule has 0 N–H and O–H groups in total. The van der Waals surface area contributed by atoms with E-state index in [0.717, 1.165) is 12.8 Å². The van der Waals surface area contributed by atoms with E-state index in [1.54, 1.807) is 0 Å². The Labute approximate surface area is 144 Å². The smallest absolute Gasteiger partial charge is 0.384 e. The lowest BCUT2D eigenvalue weighted by Gasteiger charge is -2.03. The van der Waals surface area contributed by atoms with Crippen LogP contribution >= 0.6 is 0 Å². The molecule has 0 saturated carbocycles. The first-order valence-corrected chi connectivity index (χ1v) is 9.94. The Hall–Kier alpha value is -0.970. The molecule has 134 valence electrons. The second-order valence-electron chi connectivity index (χ2n) is 6.58. The molecule has 0 rings (SSSR count). The highest BCUT2D eigenvalue weighted by atomic mass is 16.5. The normalized spacial score (nSPS) is 10.4. The summed E-state index contributed by atoms with van der Waals surface area (Å²) in [5.41, 5.74) is 0. The Kier molecular flexibility index (Phi) is 18.3.